The number of nitrogens with two attached hydrogens (primary N) is 1. The van der Waals surface area contributed by atoms with Crippen molar-refractivity contribution in [1.82, 2.24) is 19.7 Å². The van der Waals surface area contributed by atoms with Crippen LogP contribution in [-0.2, 0) is 0 Å². The van der Waals surface area contributed by atoms with Crippen LogP contribution >= 0.6 is 11.6 Å². The summed E-state index contributed by atoms with van der Waals surface area (Å²) in [5, 5.41) is 4.49. The molecule has 0 spiro atoms. The first-order valence-electron chi connectivity index (χ1n) is 8.50. The maximum atomic E-state index is 13.8. The molecule has 2 aromatic heterocycles. The minimum absolute atomic E-state index is 0.0140. The third kappa shape index (κ3) is 3.88. The topological polar surface area (TPSA) is 78.9 Å². The second-order valence-electron chi connectivity index (χ2n) is 6.16. The van der Waals surface area contributed by atoms with Crippen molar-refractivity contribution < 1.29 is 13.5 Å². The first-order valence-corrected chi connectivity index (χ1v) is 8.88. The van der Waals surface area contributed by atoms with Crippen LogP contribution in [-0.4, -0.2) is 19.7 Å². The monoisotopic (exact) mass is 413 g/mol. The summed E-state index contributed by atoms with van der Waals surface area (Å²) in [7, 11) is 0. The van der Waals surface area contributed by atoms with Gasteiger partial charge >= 0.3 is 0 Å². The quantitative estimate of drug-likeness (QED) is 0.479. The molecule has 0 fully saturated rings. The molecule has 29 heavy (non-hydrogen) atoms. The first kappa shape index (κ1) is 18.8. The van der Waals surface area contributed by atoms with E-state index in [1.54, 1.807) is 13.0 Å². The number of hydrogen-bond acceptors (Lipinski definition) is 5. The molecule has 9 heteroatoms. The van der Waals surface area contributed by atoms with E-state index in [9.17, 15) is 8.78 Å². The van der Waals surface area contributed by atoms with Gasteiger partial charge in [-0.3, -0.25) is 0 Å². The van der Waals surface area contributed by atoms with Crippen LogP contribution < -0.4 is 10.5 Å². The summed E-state index contributed by atoms with van der Waals surface area (Å²) in [4.78, 5) is 8.11. The number of aromatic nitrogens is 4. The van der Waals surface area contributed by atoms with E-state index in [0.29, 0.717) is 11.5 Å². The molecule has 0 unspecified atom stereocenters. The van der Waals surface area contributed by atoms with Gasteiger partial charge in [0.15, 0.2) is 5.15 Å². The second kappa shape index (κ2) is 7.48. The first-order chi connectivity index (χ1) is 13.9. The fourth-order valence-corrected chi connectivity index (χ4v) is 2.94. The highest BCUT2D eigenvalue weighted by Crippen LogP contribution is 2.33. The van der Waals surface area contributed by atoms with Crippen LogP contribution in [0.25, 0.3) is 16.9 Å². The van der Waals surface area contributed by atoms with Gasteiger partial charge in [0, 0.05) is 17.7 Å². The van der Waals surface area contributed by atoms with Crippen LogP contribution in [0.1, 0.15) is 5.82 Å². The normalized spacial score (nSPS) is 10.9. The van der Waals surface area contributed by atoms with Gasteiger partial charge in [0.1, 0.15) is 23.1 Å². The molecule has 4 rings (SSSR count). The third-order valence-electron chi connectivity index (χ3n) is 4.02. The Balaban J connectivity index is 1.87. The standard InChI is InChI=1S/C20H14ClF2N5O/c1-11-25-19(21)18(24)20(26-11)29-17-10-16(12-5-3-2-4-6-12)27-28(17)15-8-13(22)7-14(23)9-15/h2-10H,24H2,1H3. The number of nitrogen functional groups attached to an aromatic ring is 1. The lowest BCUT2D eigenvalue weighted by Crippen LogP contribution is -2.05. The van der Waals surface area contributed by atoms with Crippen molar-refractivity contribution in [3.05, 3.63) is 77.2 Å². The predicted octanol–water partition coefficient (Wildman–Crippen LogP) is 4.94. The number of hydrogen-bond donors (Lipinski definition) is 1. The van der Waals surface area contributed by atoms with E-state index in [0.717, 1.165) is 23.8 Å². The van der Waals surface area contributed by atoms with Crippen LogP contribution in [0.4, 0.5) is 14.5 Å². The number of benzene rings is 2. The fourth-order valence-electron chi connectivity index (χ4n) is 2.73. The highest BCUT2D eigenvalue weighted by atomic mass is 35.5. The average Bonchev–Trinajstić information content (AvgIpc) is 3.09. The zero-order valence-electron chi connectivity index (χ0n) is 15.1. The van der Waals surface area contributed by atoms with E-state index in [2.05, 4.69) is 15.1 Å². The molecule has 2 heterocycles. The Labute approximate surface area is 169 Å². The summed E-state index contributed by atoms with van der Waals surface area (Å²) < 4.78 is 34.7. The molecule has 0 aliphatic carbocycles. The molecule has 0 amide bonds. The molecule has 146 valence electrons. The van der Waals surface area contributed by atoms with Crippen molar-refractivity contribution in [2.24, 2.45) is 0 Å². The minimum Gasteiger partial charge on any atom is -0.418 e. The van der Waals surface area contributed by atoms with E-state index >= 15 is 0 Å². The molecule has 0 bridgehead atoms. The number of nitrogens with zero attached hydrogens (tertiary/aromatic N) is 4. The van der Waals surface area contributed by atoms with Crippen molar-refractivity contribution in [3.8, 4) is 28.7 Å². The summed E-state index contributed by atoms with van der Waals surface area (Å²) in [6, 6.07) is 13.9. The predicted molar refractivity (Wildman–Crippen MR) is 105 cm³/mol. The van der Waals surface area contributed by atoms with Crippen LogP contribution in [0.2, 0.25) is 5.15 Å². The lowest BCUT2D eigenvalue weighted by molar-refractivity contribution is 0.427. The van der Waals surface area contributed by atoms with Crippen molar-refractivity contribution in [3.63, 3.8) is 0 Å². The zero-order valence-corrected chi connectivity index (χ0v) is 15.9. The molecule has 2 aromatic carbocycles. The Morgan fingerprint density at radius 3 is 2.38 bits per heavy atom. The molecule has 6 nitrogen and oxygen atoms in total. The van der Waals surface area contributed by atoms with Gasteiger partial charge in [-0.05, 0) is 19.1 Å². The summed E-state index contributed by atoms with van der Waals surface area (Å²) in [6.07, 6.45) is 0. The molecule has 0 aliphatic rings. The van der Waals surface area contributed by atoms with Crippen LogP contribution in [0.5, 0.6) is 11.8 Å². The summed E-state index contributed by atoms with van der Waals surface area (Å²) >= 11 is 6.01. The number of rotatable bonds is 4. The Morgan fingerprint density at radius 1 is 1.00 bits per heavy atom. The lowest BCUT2D eigenvalue weighted by Gasteiger charge is -2.11. The Hall–Kier alpha value is -3.52. The summed E-state index contributed by atoms with van der Waals surface area (Å²) in [6.45, 7) is 1.63. The van der Waals surface area contributed by atoms with Crippen molar-refractivity contribution in [1.29, 1.82) is 0 Å². The maximum Gasteiger partial charge on any atom is 0.249 e. The SMILES string of the molecule is Cc1nc(Cl)c(N)c(Oc2cc(-c3ccccc3)nn2-c2cc(F)cc(F)c2)n1. The highest BCUT2D eigenvalue weighted by Gasteiger charge is 2.18. The van der Waals surface area contributed by atoms with Crippen molar-refractivity contribution in [2.45, 2.75) is 6.92 Å². The van der Waals surface area contributed by atoms with Crippen molar-refractivity contribution in [2.75, 3.05) is 5.73 Å². The largest absolute Gasteiger partial charge is 0.418 e. The molecular formula is C20H14ClF2N5O. The van der Waals surface area contributed by atoms with Gasteiger partial charge in [0.25, 0.3) is 0 Å². The maximum absolute atomic E-state index is 13.8. The molecule has 4 aromatic rings. The van der Waals surface area contributed by atoms with Crippen LogP contribution in [0, 0.1) is 18.6 Å². The average molecular weight is 414 g/mol. The van der Waals surface area contributed by atoms with Crippen LogP contribution in [0.3, 0.4) is 0 Å². The number of anilines is 1. The molecule has 0 radical (unpaired) electrons. The van der Waals surface area contributed by atoms with E-state index in [1.807, 2.05) is 30.3 Å². The lowest BCUT2D eigenvalue weighted by atomic mass is 10.2. The molecule has 0 saturated heterocycles. The number of ether oxygens (including phenoxy) is 1. The van der Waals surface area contributed by atoms with Gasteiger partial charge in [0.2, 0.25) is 11.8 Å². The molecule has 0 saturated carbocycles. The molecule has 2 N–H and O–H groups in total. The van der Waals surface area contributed by atoms with Gasteiger partial charge in [-0.15, -0.1) is 0 Å². The van der Waals surface area contributed by atoms with E-state index in [4.69, 9.17) is 22.1 Å². The zero-order chi connectivity index (χ0) is 20.5. The number of aryl methyl sites for hydroxylation is 1. The number of halogens is 3. The molecular weight excluding hydrogens is 400 g/mol. The van der Waals surface area contributed by atoms with E-state index < -0.39 is 11.6 Å². The van der Waals surface area contributed by atoms with Crippen LogP contribution in [0.15, 0.2) is 54.6 Å². The van der Waals surface area contributed by atoms with Crippen molar-refractivity contribution >= 4 is 17.3 Å². The van der Waals surface area contributed by atoms with Gasteiger partial charge in [-0.2, -0.15) is 14.8 Å². The molecule has 0 atom stereocenters. The minimum atomic E-state index is -0.747. The highest BCUT2D eigenvalue weighted by molar-refractivity contribution is 6.32. The Bertz CT molecular complexity index is 1180. The van der Waals surface area contributed by atoms with Gasteiger partial charge < -0.3 is 10.5 Å². The molecule has 0 aliphatic heterocycles. The van der Waals surface area contributed by atoms with Gasteiger partial charge in [-0.1, -0.05) is 41.9 Å². The Morgan fingerprint density at radius 2 is 1.69 bits per heavy atom. The van der Waals surface area contributed by atoms with Gasteiger partial charge in [0.05, 0.1) is 11.4 Å². The second-order valence-corrected chi connectivity index (χ2v) is 6.51. The smallest absolute Gasteiger partial charge is 0.249 e. The van der Waals surface area contributed by atoms with Gasteiger partial charge in [-0.25, -0.2) is 13.8 Å². The summed E-state index contributed by atoms with van der Waals surface area (Å²) in [5.41, 5.74) is 7.41. The fraction of sp³-hybridized carbons (Fsp3) is 0.0500. The summed E-state index contributed by atoms with van der Waals surface area (Å²) in [5.74, 6) is -0.980. The Kier molecular flexibility index (Phi) is 4.85. The third-order valence-corrected chi connectivity index (χ3v) is 4.30. The van der Waals surface area contributed by atoms with E-state index in [-0.39, 0.29) is 28.3 Å². The van der Waals surface area contributed by atoms with E-state index in [1.165, 1.54) is 4.68 Å².